The lowest BCUT2D eigenvalue weighted by Gasteiger charge is -2.27. The summed E-state index contributed by atoms with van der Waals surface area (Å²) >= 11 is 0. The number of allylic oxidation sites excluding steroid dienone is 15. The number of carbonyl (C=O) groups excluding carboxylic acids is 2. The van der Waals surface area contributed by atoms with Crippen LogP contribution in [0.5, 0.6) is 0 Å². The van der Waals surface area contributed by atoms with Crippen molar-refractivity contribution in [1.29, 1.82) is 0 Å². The Kier molecular flexibility index (Phi) is 61.6. The van der Waals surface area contributed by atoms with Crippen molar-refractivity contribution in [3.05, 3.63) is 97.2 Å². The predicted molar refractivity (Wildman–Crippen MR) is 369 cm³/mol. The molecule has 0 radical (unpaired) electrons. The zero-order valence-corrected chi connectivity index (χ0v) is 57.2. The van der Waals surface area contributed by atoms with E-state index in [9.17, 15) is 19.0 Å². The molecule has 10 heteroatoms. The molecule has 492 valence electrons. The smallest absolute Gasteiger partial charge is 0.456 e. The van der Waals surface area contributed by atoms with Gasteiger partial charge in [0.25, 0.3) is 0 Å². The third-order valence-electron chi connectivity index (χ3n) is 15.5. The van der Waals surface area contributed by atoms with Gasteiger partial charge in [0, 0.05) is 12.8 Å². The van der Waals surface area contributed by atoms with E-state index in [0.717, 1.165) is 103 Å². The Morgan fingerprint density at radius 3 is 1.09 bits per heavy atom. The van der Waals surface area contributed by atoms with Gasteiger partial charge in [-0.1, -0.05) is 285 Å². The van der Waals surface area contributed by atoms with E-state index in [2.05, 4.69) is 111 Å². The SMILES string of the molecule is CCCCC/C=C\C/C=C\C/C=C\C/C=C\CCCCCCCCCCCCCC(=O)NC(COP(=O)(O)OCC[N+](C)(C)C)C(/C=C\CCCCCCCCCCC)OC(=O)CCCCCCCCCC/C=C\C/C=C\C/C=C\CCCCC. The molecular formula is C75H136N2O7P+. The topological polar surface area (TPSA) is 111 Å². The van der Waals surface area contributed by atoms with Crippen LogP contribution in [-0.2, 0) is 27.9 Å². The van der Waals surface area contributed by atoms with Crippen LogP contribution in [0, 0.1) is 0 Å². The number of phosphoric acid groups is 1. The van der Waals surface area contributed by atoms with Crippen LogP contribution in [-0.4, -0.2) is 74.3 Å². The van der Waals surface area contributed by atoms with Crippen LogP contribution in [0.1, 0.15) is 316 Å². The summed E-state index contributed by atoms with van der Waals surface area (Å²) in [5.41, 5.74) is 0. The Morgan fingerprint density at radius 2 is 0.718 bits per heavy atom. The molecule has 0 aliphatic heterocycles. The van der Waals surface area contributed by atoms with E-state index in [1.165, 1.54) is 180 Å². The Balaban J connectivity index is 5.04. The number of quaternary nitrogens is 1. The first-order valence-corrected chi connectivity index (χ1v) is 37.1. The Hall–Kier alpha value is -3.07. The van der Waals surface area contributed by atoms with E-state index in [4.69, 9.17) is 13.8 Å². The number of ether oxygens (including phenoxy) is 1. The van der Waals surface area contributed by atoms with Crippen LogP contribution >= 0.6 is 7.82 Å². The average Bonchev–Trinajstić information content (AvgIpc) is 3.64. The second kappa shape index (κ2) is 63.9. The van der Waals surface area contributed by atoms with Crippen molar-refractivity contribution in [2.75, 3.05) is 40.9 Å². The molecule has 0 aromatic heterocycles. The largest absolute Gasteiger partial charge is 0.472 e. The molecule has 0 aromatic carbocycles. The normalized spacial score (nSPS) is 14.1. The molecule has 3 unspecified atom stereocenters. The number of esters is 1. The fraction of sp³-hybridized carbons (Fsp3) is 0.760. The molecule has 3 atom stereocenters. The summed E-state index contributed by atoms with van der Waals surface area (Å²) in [6, 6.07) is -0.859. The monoisotopic (exact) mass is 1210 g/mol. The standard InChI is InChI=1S/C75H135N2O7P/c1-7-10-13-16-19-22-25-27-29-31-33-35-36-37-38-39-40-42-43-45-47-49-52-55-58-61-64-67-74(78)76-72(71-83-85(80,81)82-70-69-77(4,5)6)73(66-63-60-57-54-51-24-21-18-15-12-9-3)84-75(79)68-65-62-59-56-53-50-48-46-44-41-34-32-30-28-26-23-20-17-14-11-8-2/h19-20,22-23,27-30,33-35,37-38,41,63,66,72-73H,7-18,21,24-26,31-32,36,39-40,42-62,64-65,67-71H2,1-6H3,(H-,76,78,80,81)/p+1/b22-19-,23-20-,29-27-,30-28-,35-33-,38-37-,41-34-,66-63-. The lowest BCUT2D eigenvalue weighted by atomic mass is 10.0. The molecule has 0 saturated heterocycles. The van der Waals surface area contributed by atoms with Crippen LogP contribution < -0.4 is 5.32 Å². The fourth-order valence-corrected chi connectivity index (χ4v) is 10.7. The van der Waals surface area contributed by atoms with Gasteiger partial charge in [0.15, 0.2) is 0 Å². The second-order valence-corrected chi connectivity index (χ2v) is 26.5. The molecule has 0 saturated carbocycles. The molecule has 85 heavy (non-hydrogen) atoms. The van der Waals surface area contributed by atoms with Crippen LogP contribution in [0.25, 0.3) is 0 Å². The Bertz CT molecular complexity index is 1780. The number of amides is 1. The van der Waals surface area contributed by atoms with Crippen molar-refractivity contribution in [3.63, 3.8) is 0 Å². The first kappa shape index (κ1) is 81.9. The van der Waals surface area contributed by atoms with Gasteiger partial charge in [-0.3, -0.25) is 18.6 Å². The van der Waals surface area contributed by atoms with Gasteiger partial charge in [-0.25, -0.2) is 4.57 Å². The maximum absolute atomic E-state index is 13.6. The molecule has 0 bridgehead atoms. The number of carbonyl (C=O) groups is 2. The van der Waals surface area contributed by atoms with Crippen LogP contribution in [0.2, 0.25) is 0 Å². The third kappa shape index (κ3) is 65.2. The lowest BCUT2D eigenvalue weighted by molar-refractivity contribution is -0.870. The number of nitrogens with one attached hydrogen (secondary N) is 1. The van der Waals surface area contributed by atoms with Gasteiger partial charge in [-0.05, 0) is 115 Å². The van der Waals surface area contributed by atoms with Crippen molar-refractivity contribution in [3.8, 4) is 0 Å². The molecule has 0 aliphatic carbocycles. The van der Waals surface area contributed by atoms with Crippen LogP contribution in [0.4, 0.5) is 0 Å². The number of hydrogen-bond donors (Lipinski definition) is 2. The van der Waals surface area contributed by atoms with E-state index in [1.54, 1.807) is 0 Å². The zero-order valence-electron chi connectivity index (χ0n) is 56.3. The highest BCUT2D eigenvalue weighted by Gasteiger charge is 2.30. The van der Waals surface area contributed by atoms with E-state index in [1.807, 2.05) is 33.3 Å². The van der Waals surface area contributed by atoms with E-state index in [0.29, 0.717) is 17.4 Å². The molecule has 0 rings (SSSR count). The first-order valence-electron chi connectivity index (χ1n) is 35.6. The number of rotatable bonds is 64. The van der Waals surface area contributed by atoms with Crippen LogP contribution in [0.15, 0.2) is 97.2 Å². The van der Waals surface area contributed by atoms with Crippen molar-refractivity contribution in [1.82, 2.24) is 5.32 Å². The molecule has 2 N–H and O–H groups in total. The van der Waals surface area contributed by atoms with Gasteiger partial charge >= 0.3 is 13.8 Å². The Morgan fingerprint density at radius 1 is 0.412 bits per heavy atom. The summed E-state index contributed by atoms with van der Waals surface area (Å²) in [5, 5.41) is 3.07. The first-order chi connectivity index (χ1) is 41.4. The number of hydrogen-bond acceptors (Lipinski definition) is 6. The van der Waals surface area contributed by atoms with Gasteiger partial charge in [0.05, 0.1) is 33.8 Å². The van der Waals surface area contributed by atoms with Crippen molar-refractivity contribution < 1.29 is 37.3 Å². The van der Waals surface area contributed by atoms with Gasteiger partial charge in [-0.15, -0.1) is 0 Å². The predicted octanol–water partition coefficient (Wildman–Crippen LogP) is 22.7. The van der Waals surface area contributed by atoms with E-state index in [-0.39, 0.29) is 31.5 Å². The quantitative estimate of drug-likeness (QED) is 0.0205. The zero-order chi connectivity index (χ0) is 62.1. The maximum atomic E-state index is 13.6. The van der Waals surface area contributed by atoms with Gasteiger partial charge in [0.1, 0.15) is 19.3 Å². The minimum atomic E-state index is -4.46. The highest BCUT2D eigenvalue weighted by atomic mass is 31.2. The number of phosphoric ester groups is 1. The lowest BCUT2D eigenvalue weighted by Crippen LogP contribution is -2.47. The van der Waals surface area contributed by atoms with Crippen molar-refractivity contribution in [2.24, 2.45) is 0 Å². The molecular weight excluding hydrogens is 1070 g/mol. The number of nitrogens with zero attached hydrogens (tertiary/aromatic N) is 1. The Labute approximate surface area is 526 Å². The molecule has 0 aliphatic rings. The summed E-state index contributed by atoms with van der Waals surface area (Å²) in [6.07, 6.45) is 87.0. The van der Waals surface area contributed by atoms with Crippen molar-refractivity contribution >= 4 is 19.7 Å². The fourth-order valence-electron chi connectivity index (χ4n) is 9.99. The van der Waals surface area contributed by atoms with Gasteiger partial charge in [-0.2, -0.15) is 0 Å². The number of likely N-dealkylation sites (N-methyl/N-ethyl adjacent to an activating group) is 1. The second-order valence-electron chi connectivity index (χ2n) is 25.0. The highest BCUT2D eigenvalue weighted by molar-refractivity contribution is 7.47. The molecule has 0 heterocycles. The average molecular weight is 1210 g/mol. The van der Waals surface area contributed by atoms with Crippen LogP contribution in [0.3, 0.4) is 0 Å². The van der Waals surface area contributed by atoms with Gasteiger partial charge < -0.3 is 19.4 Å². The maximum Gasteiger partial charge on any atom is 0.472 e. The van der Waals surface area contributed by atoms with Gasteiger partial charge in [0.2, 0.25) is 5.91 Å². The van der Waals surface area contributed by atoms with E-state index >= 15 is 0 Å². The van der Waals surface area contributed by atoms with Crippen molar-refractivity contribution in [2.45, 2.75) is 328 Å². The summed E-state index contributed by atoms with van der Waals surface area (Å²) in [7, 11) is 1.48. The molecule has 0 fully saturated rings. The molecule has 9 nitrogen and oxygen atoms in total. The van der Waals surface area contributed by atoms with E-state index < -0.39 is 20.0 Å². The highest BCUT2D eigenvalue weighted by Crippen LogP contribution is 2.43. The number of unbranched alkanes of at least 4 members (excludes halogenated alkanes) is 34. The summed E-state index contributed by atoms with van der Waals surface area (Å²) < 4.78 is 30.8. The molecule has 0 spiro atoms. The summed E-state index contributed by atoms with van der Waals surface area (Å²) in [4.78, 5) is 37.9. The third-order valence-corrected chi connectivity index (χ3v) is 16.5. The minimum absolute atomic E-state index is 0.0348. The minimum Gasteiger partial charge on any atom is -0.456 e. The molecule has 0 aromatic rings. The summed E-state index contributed by atoms with van der Waals surface area (Å²) in [6.45, 7) is 6.96. The summed E-state index contributed by atoms with van der Waals surface area (Å²) in [5.74, 6) is -0.514. The molecule has 1 amide bonds.